The van der Waals surface area contributed by atoms with E-state index in [4.69, 9.17) is 4.74 Å². The lowest BCUT2D eigenvalue weighted by Gasteiger charge is -2.14. The first-order chi connectivity index (χ1) is 7.94. The van der Waals surface area contributed by atoms with Gasteiger partial charge in [0.15, 0.2) is 0 Å². The summed E-state index contributed by atoms with van der Waals surface area (Å²) in [5.74, 6) is -2.23. The lowest BCUT2D eigenvalue weighted by molar-refractivity contribution is 0.105. The quantitative estimate of drug-likeness (QED) is 0.832. The fourth-order valence-electron chi connectivity index (χ4n) is 2.05. The maximum atomic E-state index is 13.4. The fraction of sp³-hybridized carbons (Fsp3) is 0.500. The average Bonchev–Trinajstić information content (AvgIpc) is 2.85. The SMILES string of the molecule is CCOc1ccc(C2(S(C)=O)CC2(F)F)cc1. The number of halogens is 2. The van der Waals surface area contributed by atoms with Crippen LogP contribution in [-0.2, 0) is 15.5 Å². The highest BCUT2D eigenvalue weighted by molar-refractivity contribution is 7.85. The maximum absolute atomic E-state index is 13.4. The first-order valence-electron chi connectivity index (χ1n) is 5.39. The first kappa shape index (κ1) is 12.5. The molecule has 1 aliphatic carbocycles. The number of rotatable bonds is 4. The molecule has 1 aliphatic rings. The second-order valence-corrected chi connectivity index (χ2v) is 5.72. The summed E-state index contributed by atoms with van der Waals surface area (Å²) in [6.07, 6.45) is 0.995. The van der Waals surface area contributed by atoms with E-state index in [2.05, 4.69) is 0 Å². The van der Waals surface area contributed by atoms with E-state index in [0.717, 1.165) is 0 Å². The lowest BCUT2D eigenvalue weighted by atomic mass is 10.1. The third-order valence-electron chi connectivity index (χ3n) is 3.06. The summed E-state index contributed by atoms with van der Waals surface area (Å²) in [5.41, 5.74) is 0.423. The van der Waals surface area contributed by atoms with Crippen LogP contribution in [0.3, 0.4) is 0 Å². The molecule has 5 heteroatoms. The molecule has 2 nitrogen and oxygen atoms in total. The van der Waals surface area contributed by atoms with Crippen molar-refractivity contribution in [3.63, 3.8) is 0 Å². The summed E-state index contributed by atoms with van der Waals surface area (Å²) < 4.78 is 42.1. The van der Waals surface area contributed by atoms with Gasteiger partial charge in [0.1, 0.15) is 10.5 Å². The standard InChI is InChI=1S/C12H14F2O2S/c1-3-16-10-6-4-9(5-7-10)11(17(2)15)8-12(11,13)14/h4-7H,3,8H2,1-2H3. The van der Waals surface area contributed by atoms with Crippen LogP contribution in [0.1, 0.15) is 18.9 Å². The van der Waals surface area contributed by atoms with Gasteiger partial charge in [0.25, 0.3) is 5.92 Å². The summed E-state index contributed by atoms with van der Waals surface area (Å²) in [6, 6.07) is 6.43. The molecule has 0 heterocycles. The molecule has 2 atom stereocenters. The zero-order valence-electron chi connectivity index (χ0n) is 9.70. The average molecular weight is 260 g/mol. The van der Waals surface area contributed by atoms with Crippen LogP contribution in [0.2, 0.25) is 0 Å². The van der Waals surface area contributed by atoms with Crippen LogP contribution in [-0.4, -0.2) is 23.0 Å². The van der Waals surface area contributed by atoms with Crippen molar-refractivity contribution in [3.05, 3.63) is 29.8 Å². The Labute approximate surface area is 101 Å². The molecule has 0 aliphatic heterocycles. The molecule has 0 saturated heterocycles. The van der Waals surface area contributed by atoms with Crippen LogP contribution in [0.5, 0.6) is 5.75 Å². The molecule has 1 aromatic carbocycles. The van der Waals surface area contributed by atoms with Crippen molar-refractivity contribution in [2.45, 2.75) is 24.0 Å². The molecule has 2 unspecified atom stereocenters. The highest BCUT2D eigenvalue weighted by atomic mass is 32.2. The van der Waals surface area contributed by atoms with E-state index < -0.39 is 21.5 Å². The Balaban J connectivity index is 2.31. The topological polar surface area (TPSA) is 26.3 Å². The Hall–Kier alpha value is -0.970. The second-order valence-electron chi connectivity index (χ2n) is 4.12. The van der Waals surface area contributed by atoms with Crippen molar-refractivity contribution >= 4 is 10.8 Å². The zero-order chi connectivity index (χ0) is 12.7. The number of alkyl halides is 2. The van der Waals surface area contributed by atoms with Gasteiger partial charge in [-0.25, -0.2) is 8.78 Å². The Morgan fingerprint density at radius 1 is 1.35 bits per heavy atom. The number of hydrogen-bond donors (Lipinski definition) is 0. The summed E-state index contributed by atoms with van der Waals surface area (Å²) >= 11 is 0. The highest BCUT2D eigenvalue weighted by Crippen LogP contribution is 2.63. The molecule has 0 radical (unpaired) electrons. The van der Waals surface area contributed by atoms with Crippen molar-refractivity contribution in [2.24, 2.45) is 0 Å². The molecule has 0 amide bonds. The summed E-state index contributed by atoms with van der Waals surface area (Å²) in [6.45, 7) is 2.38. The number of hydrogen-bond acceptors (Lipinski definition) is 2. The van der Waals surface area contributed by atoms with E-state index in [0.29, 0.717) is 17.9 Å². The van der Waals surface area contributed by atoms with E-state index in [9.17, 15) is 13.0 Å². The predicted octanol–water partition coefficient (Wildman–Crippen LogP) is 2.70. The molecule has 1 saturated carbocycles. The summed E-state index contributed by atoms with van der Waals surface area (Å²) in [5, 5.41) is 0. The normalized spacial score (nSPS) is 27.5. The molecule has 0 N–H and O–H groups in total. The summed E-state index contributed by atoms with van der Waals surface area (Å²) in [7, 11) is -1.59. The van der Waals surface area contributed by atoms with Gasteiger partial charge in [0.05, 0.1) is 6.61 Å². The van der Waals surface area contributed by atoms with Gasteiger partial charge in [0, 0.05) is 23.5 Å². The molecule has 1 aromatic rings. The van der Waals surface area contributed by atoms with Gasteiger partial charge in [-0.15, -0.1) is 0 Å². The largest absolute Gasteiger partial charge is 0.494 e. The van der Waals surface area contributed by atoms with Crippen LogP contribution < -0.4 is 4.74 Å². The minimum atomic E-state index is -2.86. The van der Waals surface area contributed by atoms with Crippen molar-refractivity contribution in [3.8, 4) is 5.75 Å². The zero-order valence-corrected chi connectivity index (χ0v) is 10.5. The van der Waals surface area contributed by atoms with Crippen LogP contribution >= 0.6 is 0 Å². The van der Waals surface area contributed by atoms with Gasteiger partial charge in [-0.3, -0.25) is 4.21 Å². The van der Waals surface area contributed by atoms with Crippen LogP contribution in [0.25, 0.3) is 0 Å². The Morgan fingerprint density at radius 3 is 2.24 bits per heavy atom. The Bertz CT molecular complexity index is 444. The predicted molar refractivity (Wildman–Crippen MR) is 62.9 cm³/mol. The van der Waals surface area contributed by atoms with Crippen LogP contribution in [0.15, 0.2) is 24.3 Å². The monoisotopic (exact) mass is 260 g/mol. The molecule has 0 aromatic heterocycles. The van der Waals surface area contributed by atoms with Gasteiger partial charge >= 0.3 is 0 Å². The number of ether oxygens (including phenoxy) is 1. The third-order valence-corrected chi connectivity index (χ3v) is 4.72. The van der Waals surface area contributed by atoms with Crippen molar-refractivity contribution in [1.82, 2.24) is 0 Å². The van der Waals surface area contributed by atoms with E-state index in [1.54, 1.807) is 24.3 Å². The van der Waals surface area contributed by atoms with Gasteiger partial charge in [-0.05, 0) is 24.6 Å². The summed E-state index contributed by atoms with van der Waals surface area (Å²) in [4.78, 5) is 0. The van der Waals surface area contributed by atoms with E-state index in [1.165, 1.54) is 6.26 Å². The van der Waals surface area contributed by atoms with Crippen LogP contribution in [0, 0.1) is 0 Å². The van der Waals surface area contributed by atoms with Gasteiger partial charge in [0.2, 0.25) is 0 Å². The molecular formula is C12H14F2O2S. The molecule has 17 heavy (non-hydrogen) atoms. The molecule has 0 bridgehead atoms. The lowest BCUT2D eigenvalue weighted by Crippen LogP contribution is -2.21. The van der Waals surface area contributed by atoms with E-state index in [1.807, 2.05) is 6.92 Å². The van der Waals surface area contributed by atoms with Crippen LogP contribution in [0.4, 0.5) is 8.78 Å². The number of benzene rings is 1. The highest BCUT2D eigenvalue weighted by Gasteiger charge is 2.75. The van der Waals surface area contributed by atoms with Gasteiger partial charge in [-0.2, -0.15) is 0 Å². The molecular weight excluding hydrogens is 246 g/mol. The fourth-order valence-corrected chi connectivity index (χ4v) is 3.32. The smallest absolute Gasteiger partial charge is 0.271 e. The maximum Gasteiger partial charge on any atom is 0.271 e. The Kier molecular flexibility index (Phi) is 2.97. The van der Waals surface area contributed by atoms with E-state index >= 15 is 0 Å². The van der Waals surface area contributed by atoms with Gasteiger partial charge < -0.3 is 4.74 Å². The minimum Gasteiger partial charge on any atom is -0.494 e. The molecule has 1 fully saturated rings. The molecule has 2 rings (SSSR count). The minimum absolute atomic E-state index is 0.336. The molecule has 0 spiro atoms. The first-order valence-corrected chi connectivity index (χ1v) is 6.94. The van der Waals surface area contributed by atoms with Crippen molar-refractivity contribution in [1.29, 1.82) is 0 Å². The third kappa shape index (κ3) is 1.86. The molecule has 94 valence electrons. The van der Waals surface area contributed by atoms with Crippen molar-refractivity contribution < 1.29 is 17.7 Å². The van der Waals surface area contributed by atoms with Gasteiger partial charge in [-0.1, -0.05) is 12.1 Å². The van der Waals surface area contributed by atoms with E-state index in [-0.39, 0.29) is 6.42 Å². The second kappa shape index (κ2) is 4.05. The Morgan fingerprint density at radius 2 is 1.88 bits per heavy atom. The van der Waals surface area contributed by atoms with Crippen molar-refractivity contribution in [2.75, 3.05) is 12.9 Å².